The van der Waals surface area contributed by atoms with Gasteiger partial charge in [-0.3, -0.25) is 4.79 Å². The van der Waals surface area contributed by atoms with Crippen LogP contribution in [0.3, 0.4) is 0 Å². The molecule has 3 aromatic rings. The number of aryl methyl sites for hydroxylation is 2. The van der Waals surface area contributed by atoms with Crippen LogP contribution >= 0.6 is 11.6 Å². The molecule has 0 aliphatic carbocycles. The molecule has 0 heterocycles. The summed E-state index contributed by atoms with van der Waals surface area (Å²) in [4.78, 5) is 12.9. The van der Waals surface area contributed by atoms with E-state index in [1.165, 1.54) is 0 Å². The summed E-state index contributed by atoms with van der Waals surface area (Å²) in [5.41, 5.74) is 4.66. The molecule has 0 unspecified atom stereocenters. The Hall–Kier alpha value is -2.98. The molecule has 5 heteroatoms. The summed E-state index contributed by atoms with van der Waals surface area (Å²) < 4.78 is 11.8. The molecule has 0 radical (unpaired) electrons. The molecule has 0 aliphatic rings. The highest BCUT2D eigenvalue weighted by molar-refractivity contribution is 6.30. The van der Waals surface area contributed by atoms with E-state index in [0.29, 0.717) is 29.5 Å². The minimum absolute atomic E-state index is 0.147. The summed E-state index contributed by atoms with van der Waals surface area (Å²) in [7, 11) is 0. The first kappa shape index (κ1) is 22.7. The average molecular weight is 438 g/mol. The number of benzene rings is 3. The van der Waals surface area contributed by atoms with E-state index >= 15 is 0 Å². The van der Waals surface area contributed by atoms with Gasteiger partial charge in [0, 0.05) is 16.1 Å². The van der Waals surface area contributed by atoms with Crippen molar-refractivity contribution >= 4 is 17.5 Å². The zero-order valence-electron chi connectivity index (χ0n) is 18.4. The lowest BCUT2D eigenvalue weighted by Gasteiger charge is -2.17. The van der Waals surface area contributed by atoms with Crippen LogP contribution < -0.4 is 14.8 Å². The van der Waals surface area contributed by atoms with Gasteiger partial charge in [-0.05, 0) is 86.8 Å². The van der Waals surface area contributed by atoms with Gasteiger partial charge in [-0.2, -0.15) is 0 Å². The van der Waals surface area contributed by atoms with Crippen molar-refractivity contribution in [1.82, 2.24) is 5.32 Å². The van der Waals surface area contributed by atoms with E-state index in [-0.39, 0.29) is 11.9 Å². The van der Waals surface area contributed by atoms with Gasteiger partial charge in [-0.1, -0.05) is 29.8 Å². The molecule has 0 saturated carbocycles. The largest absolute Gasteiger partial charge is 0.493 e. The van der Waals surface area contributed by atoms with Crippen molar-refractivity contribution in [2.45, 2.75) is 40.3 Å². The summed E-state index contributed by atoms with van der Waals surface area (Å²) >= 11 is 5.96. The molecular weight excluding hydrogens is 410 g/mol. The zero-order chi connectivity index (χ0) is 22.4. The van der Waals surface area contributed by atoms with Crippen LogP contribution in [0, 0.1) is 13.8 Å². The predicted octanol–water partition coefficient (Wildman–Crippen LogP) is 6.43. The highest BCUT2D eigenvalue weighted by Gasteiger charge is 2.15. The summed E-state index contributed by atoms with van der Waals surface area (Å²) in [6.45, 7) is 8.81. The molecule has 0 saturated heterocycles. The lowest BCUT2D eigenvalue weighted by atomic mass is 10.1. The molecule has 0 spiro atoms. The topological polar surface area (TPSA) is 47.6 Å². The third kappa shape index (κ3) is 6.25. The number of rotatable bonds is 8. The van der Waals surface area contributed by atoms with Gasteiger partial charge in [0.1, 0.15) is 18.1 Å². The Balaban J connectivity index is 1.76. The molecule has 3 rings (SSSR count). The van der Waals surface area contributed by atoms with Crippen LogP contribution in [0.25, 0.3) is 0 Å². The van der Waals surface area contributed by atoms with Crippen LogP contribution in [0.1, 0.15) is 52.5 Å². The fourth-order valence-electron chi connectivity index (χ4n) is 3.42. The fourth-order valence-corrected chi connectivity index (χ4v) is 3.55. The number of carbonyl (C=O) groups excluding carboxylic acids is 1. The van der Waals surface area contributed by atoms with Gasteiger partial charge in [-0.15, -0.1) is 0 Å². The van der Waals surface area contributed by atoms with Crippen LogP contribution in [-0.2, 0) is 6.61 Å². The third-order valence-corrected chi connectivity index (χ3v) is 5.18. The summed E-state index contributed by atoms with van der Waals surface area (Å²) in [6.07, 6.45) is 0. The van der Waals surface area contributed by atoms with Gasteiger partial charge in [-0.25, -0.2) is 0 Å². The molecule has 162 valence electrons. The Kier molecular flexibility index (Phi) is 7.59. The quantitative estimate of drug-likeness (QED) is 0.442. The fraction of sp³-hybridized carbons (Fsp3) is 0.269. The van der Waals surface area contributed by atoms with Gasteiger partial charge < -0.3 is 14.8 Å². The van der Waals surface area contributed by atoms with Crippen LogP contribution in [0.2, 0.25) is 5.02 Å². The number of hydrogen-bond acceptors (Lipinski definition) is 3. The summed E-state index contributed by atoms with van der Waals surface area (Å²) in [5.74, 6) is 1.36. The highest BCUT2D eigenvalue weighted by Crippen LogP contribution is 2.25. The zero-order valence-corrected chi connectivity index (χ0v) is 19.1. The lowest BCUT2D eigenvalue weighted by molar-refractivity contribution is 0.0939. The first-order valence-electron chi connectivity index (χ1n) is 10.4. The van der Waals surface area contributed by atoms with E-state index in [4.69, 9.17) is 21.1 Å². The minimum Gasteiger partial charge on any atom is -0.493 e. The second-order valence-corrected chi connectivity index (χ2v) is 8.05. The molecule has 1 N–H and O–H groups in total. The number of halogens is 1. The van der Waals surface area contributed by atoms with Gasteiger partial charge >= 0.3 is 0 Å². The van der Waals surface area contributed by atoms with E-state index in [1.54, 1.807) is 6.07 Å². The summed E-state index contributed by atoms with van der Waals surface area (Å²) in [6, 6.07) is 18.8. The maximum atomic E-state index is 12.9. The molecular formula is C26H28ClNO3. The maximum Gasteiger partial charge on any atom is 0.251 e. The van der Waals surface area contributed by atoms with Gasteiger partial charge in [0.2, 0.25) is 0 Å². The molecule has 0 aliphatic heterocycles. The first-order valence-corrected chi connectivity index (χ1v) is 10.8. The van der Waals surface area contributed by atoms with E-state index in [9.17, 15) is 4.79 Å². The van der Waals surface area contributed by atoms with E-state index in [1.807, 2.05) is 76.2 Å². The SMILES string of the molecule is CCOc1ccc(C(=O)N[C@@H](C)c2ccc(Cl)cc2)cc1COc1cc(C)cc(C)c1. The van der Waals surface area contributed by atoms with Gasteiger partial charge in [0.15, 0.2) is 0 Å². The van der Waals surface area contributed by atoms with Crippen molar-refractivity contribution in [2.75, 3.05) is 6.61 Å². The second-order valence-electron chi connectivity index (χ2n) is 7.61. The molecule has 31 heavy (non-hydrogen) atoms. The second kappa shape index (κ2) is 10.4. The Labute approximate surface area is 189 Å². The van der Waals surface area contributed by atoms with Crippen LogP contribution in [0.15, 0.2) is 60.7 Å². The third-order valence-electron chi connectivity index (χ3n) is 4.93. The lowest BCUT2D eigenvalue weighted by Crippen LogP contribution is -2.26. The molecule has 1 amide bonds. The van der Waals surface area contributed by atoms with Gasteiger partial charge in [0.25, 0.3) is 5.91 Å². The monoisotopic (exact) mass is 437 g/mol. The molecule has 0 bridgehead atoms. The van der Waals surface area contributed by atoms with Gasteiger partial charge in [0.05, 0.1) is 12.6 Å². The number of ether oxygens (including phenoxy) is 2. The molecule has 3 aromatic carbocycles. The van der Waals surface area contributed by atoms with Crippen molar-refractivity contribution < 1.29 is 14.3 Å². The van der Waals surface area contributed by atoms with E-state index < -0.39 is 0 Å². The minimum atomic E-state index is -0.154. The number of nitrogens with one attached hydrogen (secondary N) is 1. The molecule has 1 atom stereocenters. The van der Waals surface area contributed by atoms with Crippen molar-refractivity contribution in [2.24, 2.45) is 0 Å². The average Bonchev–Trinajstić information content (AvgIpc) is 2.73. The van der Waals surface area contributed by atoms with Crippen molar-refractivity contribution in [3.05, 3.63) is 93.5 Å². The highest BCUT2D eigenvalue weighted by atomic mass is 35.5. The number of amides is 1. The standard InChI is InChI=1S/C26H28ClNO3/c1-5-30-25-11-8-21(26(29)28-19(4)20-6-9-23(27)10-7-20)15-22(25)16-31-24-13-17(2)12-18(3)14-24/h6-15,19H,5,16H2,1-4H3,(H,28,29)/t19-/m0/s1. The first-order chi connectivity index (χ1) is 14.9. The maximum absolute atomic E-state index is 12.9. The van der Waals surface area contributed by atoms with Crippen molar-refractivity contribution in [3.8, 4) is 11.5 Å². The number of hydrogen-bond donors (Lipinski definition) is 1. The van der Waals surface area contributed by atoms with E-state index in [0.717, 1.165) is 28.0 Å². The van der Waals surface area contributed by atoms with Crippen LogP contribution in [0.4, 0.5) is 0 Å². The Bertz CT molecular complexity index is 1030. The Morgan fingerprint density at radius 2 is 1.65 bits per heavy atom. The molecule has 0 aromatic heterocycles. The Morgan fingerprint density at radius 1 is 0.968 bits per heavy atom. The van der Waals surface area contributed by atoms with Crippen LogP contribution in [0.5, 0.6) is 11.5 Å². The number of carbonyl (C=O) groups is 1. The molecule has 0 fully saturated rings. The smallest absolute Gasteiger partial charge is 0.251 e. The van der Waals surface area contributed by atoms with Crippen molar-refractivity contribution in [3.63, 3.8) is 0 Å². The normalized spacial score (nSPS) is 11.6. The summed E-state index contributed by atoms with van der Waals surface area (Å²) in [5, 5.41) is 3.70. The van der Waals surface area contributed by atoms with E-state index in [2.05, 4.69) is 11.4 Å². The Morgan fingerprint density at radius 3 is 2.29 bits per heavy atom. The van der Waals surface area contributed by atoms with Crippen LogP contribution in [-0.4, -0.2) is 12.5 Å². The van der Waals surface area contributed by atoms with Crippen molar-refractivity contribution in [1.29, 1.82) is 0 Å². The molecule has 4 nitrogen and oxygen atoms in total. The predicted molar refractivity (Wildman–Crippen MR) is 125 cm³/mol.